The average Bonchev–Trinajstić information content (AvgIpc) is 3.56. The van der Waals surface area contributed by atoms with Crippen LogP contribution in [0.5, 0.6) is 5.88 Å². The standard InChI is InChI=1S/C25H21FN8O3/c1-14-9-29-23(35)19-12-31-34-13-20(15-2-4-18(5-3-15)32-25-27-6-7-36-25)21(33-22(19)34)28-10-16-8-17(26)11-30-24(16)37-14/h2-8,11-14H,9-10H2,1H3,(H,27,32)(H,28,33)(H,29,35)/t14-/m0/s1. The fourth-order valence-electron chi connectivity index (χ4n) is 4.00. The number of halogens is 1. The molecular weight excluding hydrogens is 479 g/mol. The number of carbonyl (C=O) groups excluding carboxylic acids is 1. The number of fused-ring (bicyclic) bond motifs is 2. The molecule has 5 aromatic rings. The number of ether oxygens (including phenoxy) is 1. The third-order valence-corrected chi connectivity index (χ3v) is 5.82. The molecule has 5 heterocycles. The Morgan fingerprint density at radius 1 is 1.14 bits per heavy atom. The van der Waals surface area contributed by atoms with Crippen molar-refractivity contribution in [2.24, 2.45) is 0 Å². The predicted octanol–water partition coefficient (Wildman–Crippen LogP) is 3.78. The number of oxazole rings is 1. The summed E-state index contributed by atoms with van der Waals surface area (Å²) in [5.41, 5.74) is 3.57. The number of carbonyl (C=O) groups is 1. The second kappa shape index (κ2) is 9.22. The van der Waals surface area contributed by atoms with Gasteiger partial charge < -0.3 is 25.1 Å². The van der Waals surface area contributed by atoms with Gasteiger partial charge in [-0.05, 0) is 30.7 Å². The molecule has 0 spiro atoms. The van der Waals surface area contributed by atoms with Crippen LogP contribution in [0.4, 0.5) is 21.9 Å². The third kappa shape index (κ3) is 4.51. The maximum Gasteiger partial charge on any atom is 0.299 e. The summed E-state index contributed by atoms with van der Waals surface area (Å²) in [6.07, 6.45) is 7.01. The van der Waals surface area contributed by atoms with Crippen LogP contribution in [-0.4, -0.2) is 43.1 Å². The molecule has 1 amide bonds. The molecule has 0 fully saturated rings. The number of aromatic nitrogens is 5. The van der Waals surface area contributed by atoms with Crippen molar-refractivity contribution in [1.29, 1.82) is 0 Å². The zero-order valence-corrected chi connectivity index (χ0v) is 19.6. The quantitative estimate of drug-likeness (QED) is 0.339. The maximum absolute atomic E-state index is 14.1. The van der Waals surface area contributed by atoms with Gasteiger partial charge in [0.25, 0.3) is 11.9 Å². The van der Waals surface area contributed by atoms with Crippen molar-refractivity contribution in [3.8, 4) is 17.0 Å². The van der Waals surface area contributed by atoms with Gasteiger partial charge in [0.05, 0.1) is 25.1 Å². The molecule has 0 unspecified atom stereocenters. The van der Waals surface area contributed by atoms with Crippen molar-refractivity contribution >= 4 is 29.1 Å². The second-order valence-corrected chi connectivity index (χ2v) is 8.48. The number of amides is 1. The molecule has 4 aromatic heterocycles. The van der Waals surface area contributed by atoms with E-state index in [1.807, 2.05) is 24.3 Å². The van der Waals surface area contributed by atoms with E-state index in [4.69, 9.17) is 14.1 Å². The minimum absolute atomic E-state index is 0.192. The van der Waals surface area contributed by atoms with E-state index in [-0.39, 0.29) is 24.9 Å². The minimum Gasteiger partial charge on any atom is -0.473 e. The number of hydrogen-bond acceptors (Lipinski definition) is 9. The number of nitrogens with one attached hydrogen (secondary N) is 3. The van der Waals surface area contributed by atoms with Gasteiger partial charge in [-0.15, -0.1) is 0 Å². The summed E-state index contributed by atoms with van der Waals surface area (Å²) in [5, 5.41) is 13.5. The molecule has 1 atom stereocenters. The molecule has 3 N–H and O–H groups in total. The van der Waals surface area contributed by atoms with Crippen LogP contribution < -0.4 is 20.7 Å². The Morgan fingerprint density at radius 3 is 2.81 bits per heavy atom. The lowest BCUT2D eigenvalue weighted by molar-refractivity contribution is 0.0932. The van der Waals surface area contributed by atoms with Crippen molar-refractivity contribution in [2.45, 2.75) is 19.6 Å². The van der Waals surface area contributed by atoms with E-state index in [1.165, 1.54) is 18.5 Å². The lowest BCUT2D eigenvalue weighted by atomic mass is 10.1. The largest absolute Gasteiger partial charge is 0.473 e. The zero-order chi connectivity index (χ0) is 25.4. The van der Waals surface area contributed by atoms with Crippen LogP contribution in [0.1, 0.15) is 22.8 Å². The molecule has 11 nitrogen and oxygen atoms in total. The number of rotatable bonds is 3. The monoisotopic (exact) mass is 500 g/mol. The maximum atomic E-state index is 14.1. The SMILES string of the molecule is C[C@H]1CNC(=O)c2cnn3cc(-c4ccc(Nc5ncco5)cc4)c(nc23)NCc2cc(F)cnc2O1. The van der Waals surface area contributed by atoms with Crippen molar-refractivity contribution in [2.75, 3.05) is 17.2 Å². The van der Waals surface area contributed by atoms with Crippen LogP contribution in [-0.2, 0) is 6.54 Å². The Balaban J connectivity index is 1.42. The first-order valence-corrected chi connectivity index (χ1v) is 11.5. The molecule has 0 saturated heterocycles. The molecule has 1 aliphatic rings. The number of hydrogen-bond donors (Lipinski definition) is 3. The van der Waals surface area contributed by atoms with Crippen molar-refractivity contribution < 1.29 is 18.3 Å². The lowest BCUT2D eigenvalue weighted by Gasteiger charge is -2.17. The van der Waals surface area contributed by atoms with Gasteiger partial charge in [0.15, 0.2) is 5.65 Å². The third-order valence-electron chi connectivity index (χ3n) is 5.82. The second-order valence-electron chi connectivity index (χ2n) is 8.48. The van der Waals surface area contributed by atoms with Crippen molar-refractivity contribution in [1.82, 2.24) is 29.9 Å². The molecule has 0 radical (unpaired) electrons. The first-order chi connectivity index (χ1) is 18.0. The van der Waals surface area contributed by atoms with E-state index in [9.17, 15) is 9.18 Å². The van der Waals surface area contributed by atoms with E-state index in [0.717, 1.165) is 23.0 Å². The summed E-state index contributed by atoms with van der Waals surface area (Å²) < 4.78 is 26.8. The summed E-state index contributed by atoms with van der Waals surface area (Å²) in [6.45, 7) is 2.21. The Bertz CT molecular complexity index is 1580. The Hall–Kier alpha value is -5.00. The molecule has 12 heteroatoms. The number of pyridine rings is 1. The van der Waals surface area contributed by atoms with Crippen LogP contribution in [0, 0.1) is 5.82 Å². The summed E-state index contributed by atoms with van der Waals surface area (Å²) in [6, 6.07) is 9.32. The van der Waals surface area contributed by atoms with E-state index in [2.05, 4.69) is 31.0 Å². The summed E-state index contributed by atoms with van der Waals surface area (Å²) >= 11 is 0. The van der Waals surface area contributed by atoms with Crippen LogP contribution in [0.3, 0.4) is 0 Å². The first kappa shape index (κ1) is 22.5. The van der Waals surface area contributed by atoms with Crippen molar-refractivity contribution in [3.05, 3.63) is 78.3 Å². The number of benzene rings is 1. The Kier molecular flexibility index (Phi) is 5.60. The Labute approximate surface area is 209 Å². The highest BCUT2D eigenvalue weighted by molar-refractivity contribution is 6.00. The predicted molar refractivity (Wildman–Crippen MR) is 132 cm³/mol. The molecule has 0 saturated carbocycles. The van der Waals surface area contributed by atoms with Gasteiger partial charge in [-0.2, -0.15) is 5.10 Å². The van der Waals surface area contributed by atoms with Crippen LogP contribution in [0.25, 0.3) is 16.8 Å². The summed E-state index contributed by atoms with van der Waals surface area (Å²) in [5.74, 6) is -0.0455. The molecule has 0 aliphatic carbocycles. The fraction of sp³-hybridized carbons (Fsp3) is 0.160. The normalized spacial score (nSPS) is 15.5. The highest BCUT2D eigenvalue weighted by atomic mass is 19.1. The van der Waals surface area contributed by atoms with Gasteiger partial charge in [-0.25, -0.2) is 23.9 Å². The molecule has 186 valence electrons. The number of anilines is 3. The summed E-state index contributed by atoms with van der Waals surface area (Å²) in [7, 11) is 0. The highest BCUT2D eigenvalue weighted by Crippen LogP contribution is 2.30. The van der Waals surface area contributed by atoms with E-state index < -0.39 is 11.9 Å². The zero-order valence-electron chi connectivity index (χ0n) is 19.6. The first-order valence-electron chi connectivity index (χ1n) is 11.5. The molecule has 1 aliphatic heterocycles. The molecule has 2 bridgehead atoms. The summed E-state index contributed by atoms with van der Waals surface area (Å²) in [4.78, 5) is 25.8. The van der Waals surface area contributed by atoms with Crippen molar-refractivity contribution in [3.63, 3.8) is 0 Å². The molecular formula is C25H21FN8O3. The lowest BCUT2D eigenvalue weighted by Crippen LogP contribution is -2.33. The van der Waals surface area contributed by atoms with Crippen LogP contribution in [0.2, 0.25) is 0 Å². The van der Waals surface area contributed by atoms with E-state index >= 15 is 0 Å². The van der Waals surface area contributed by atoms with E-state index in [0.29, 0.717) is 28.6 Å². The highest BCUT2D eigenvalue weighted by Gasteiger charge is 2.20. The Morgan fingerprint density at radius 2 is 2.00 bits per heavy atom. The topological polar surface area (TPSA) is 132 Å². The van der Waals surface area contributed by atoms with Crippen LogP contribution >= 0.6 is 0 Å². The van der Waals surface area contributed by atoms with Gasteiger partial charge in [-0.3, -0.25) is 4.79 Å². The minimum atomic E-state index is -0.481. The smallest absolute Gasteiger partial charge is 0.299 e. The van der Waals surface area contributed by atoms with Gasteiger partial charge >= 0.3 is 0 Å². The van der Waals surface area contributed by atoms with Gasteiger partial charge in [0.2, 0.25) is 5.88 Å². The van der Waals surface area contributed by atoms with Crippen LogP contribution in [0.15, 0.2) is 65.8 Å². The average molecular weight is 500 g/mol. The fourth-order valence-corrected chi connectivity index (χ4v) is 4.00. The van der Waals surface area contributed by atoms with E-state index in [1.54, 1.807) is 23.8 Å². The molecule has 6 rings (SSSR count). The molecule has 37 heavy (non-hydrogen) atoms. The number of nitrogens with zero attached hydrogens (tertiary/aromatic N) is 5. The van der Waals surface area contributed by atoms with Gasteiger partial charge in [-0.1, -0.05) is 12.1 Å². The van der Waals surface area contributed by atoms with Gasteiger partial charge in [0.1, 0.15) is 29.6 Å². The molecule has 1 aromatic carbocycles. The van der Waals surface area contributed by atoms with Gasteiger partial charge in [0, 0.05) is 29.6 Å².